The monoisotopic (exact) mass is 278 g/mol. The number of allylic oxidation sites excluding steroid dienone is 5. The average molecular weight is 278 g/mol. The van der Waals surface area contributed by atoms with Gasteiger partial charge in [-0.3, -0.25) is 4.79 Å². The number of rotatable bonds is 2. The van der Waals surface area contributed by atoms with E-state index in [1.807, 2.05) is 37.3 Å². The predicted octanol–water partition coefficient (Wildman–Crippen LogP) is 0.685. The van der Waals surface area contributed by atoms with Crippen molar-refractivity contribution in [3.8, 4) is 0 Å². The fourth-order valence-corrected chi connectivity index (χ4v) is 3.43. The van der Waals surface area contributed by atoms with Gasteiger partial charge >= 0.3 is 5.97 Å². The van der Waals surface area contributed by atoms with Gasteiger partial charge in [-0.25, -0.2) is 0 Å². The molecule has 6 atom stereocenters. The van der Waals surface area contributed by atoms with E-state index < -0.39 is 35.5 Å². The van der Waals surface area contributed by atoms with E-state index in [9.17, 15) is 15.0 Å². The third-order valence-corrected chi connectivity index (χ3v) is 4.37. The summed E-state index contributed by atoms with van der Waals surface area (Å²) in [5.74, 6) is -2.64. The number of esters is 1. The standard InChI is InChI=1S/C15H18O5/c1-3-4-5-6-9-7-8-10-11-15(9,13(17)19-10)12(16)14(2,18)20-11/h3-12,16,18H,1-2H3/b4-3+,6-5+/t9-,10+,11+,12+,14+,15-/m1/s1. The van der Waals surface area contributed by atoms with Crippen LogP contribution in [-0.4, -0.2) is 40.3 Å². The van der Waals surface area contributed by atoms with Crippen LogP contribution in [-0.2, 0) is 14.3 Å². The summed E-state index contributed by atoms with van der Waals surface area (Å²) >= 11 is 0. The van der Waals surface area contributed by atoms with Gasteiger partial charge in [0, 0.05) is 5.92 Å². The summed E-state index contributed by atoms with van der Waals surface area (Å²) in [6, 6.07) is 0. The molecule has 0 aromatic rings. The summed E-state index contributed by atoms with van der Waals surface area (Å²) in [5.41, 5.74) is -1.26. The van der Waals surface area contributed by atoms with E-state index in [0.717, 1.165) is 0 Å². The van der Waals surface area contributed by atoms with E-state index in [0.29, 0.717) is 0 Å². The van der Waals surface area contributed by atoms with Gasteiger partial charge in [-0.2, -0.15) is 0 Å². The predicted molar refractivity (Wildman–Crippen MR) is 70.4 cm³/mol. The minimum absolute atomic E-state index is 0.376. The Morgan fingerprint density at radius 3 is 2.80 bits per heavy atom. The summed E-state index contributed by atoms with van der Waals surface area (Å²) in [6.07, 6.45) is 8.39. The Balaban J connectivity index is 2.07. The topological polar surface area (TPSA) is 76.0 Å². The molecular formula is C15H18O5. The molecule has 108 valence electrons. The minimum atomic E-state index is -1.75. The Morgan fingerprint density at radius 1 is 1.35 bits per heavy atom. The SMILES string of the molecule is C/C=C/C=C/[C@@H]1C=C[C@@H]2OC(=O)[C@]13[C@@H](O)[C@@](C)(O)O[C@@H]23. The summed E-state index contributed by atoms with van der Waals surface area (Å²) in [4.78, 5) is 12.3. The summed E-state index contributed by atoms with van der Waals surface area (Å²) in [7, 11) is 0. The zero-order chi connectivity index (χ0) is 14.5. The second-order valence-electron chi connectivity index (χ2n) is 5.62. The van der Waals surface area contributed by atoms with Crippen molar-refractivity contribution >= 4 is 5.97 Å². The Morgan fingerprint density at radius 2 is 2.10 bits per heavy atom. The van der Waals surface area contributed by atoms with Crippen molar-refractivity contribution in [3.63, 3.8) is 0 Å². The Bertz CT molecular complexity index is 518. The molecule has 1 aliphatic carbocycles. The largest absolute Gasteiger partial charge is 0.455 e. The van der Waals surface area contributed by atoms with E-state index in [1.165, 1.54) is 6.92 Å². The molecule has 2 bridgehead atoms. The van der Waals surface area contributed by atoms with Crippen LogP contribution in [0, 0.1) is 11.3 Å². The lowest BCUT2D eigenvalue weighted by atomic mass is 9.65. The molecule has 2 heterocycles. The zero-order valence-corrected chi connectivity index (χ0v) is 11.4. The number of hydrogen-bond donors (Lipinski definition) is 2. The number of aliphatic hydroxyl groups excluding tert-OH is 1. The van der Waals surface area contributed by atoms with Crippen molar-refractivity contribution in [2.24, 2.45) is 11.3 Å². The number of carbonyl (C=O) groups excluding carboxylic acids is 1. The van der Waals surface area contributed by atoms with Gasteiger partial charge in [-0.05, 0) is 19.9 Å². The van der Waals surface area contributed by atoms with E-state index in [-0.39, 0.29) is 5.92 Å². The molecule has 2 fully saturated rings. The molecule has 5 heteroatoms. The van der Waals surface area contributed by atoms with Gasteiger partial charge in [-0.1, -0.05) is 30.4 Å². The summed E-state index contributed by atoms with van der Waals surface area (Å²) in [6.45, 7) is 3.26. The fourth-order valence-electron chi connectivity index (χ4n) is 3.43. The van der Waals surface area contributed by atoms with Crippen molar-refractivity contribution < 1.29 is 24.5 Å². The highest BCUT2D eigenvalue weighted by Gasteiger charge is 2.75. The molecule has 0 radical (unpaired) electrons. The van der Waals surface area contributed by atoms with Gasteiger partial charge in [-0.15, -0.1) is 0 Å². The highest BCUT2D eigenvalue weighted by Crippen LogP contribution is 2.57. The number of aliphatic hydroxyl groups is 2. The molecule has 0 aromatic carbocycles. The first-order valence-electron chi connectivity index (χ1n) is 6.71. The Hall–Kier alpha value is -1.43. The van der Waals surface area contributed by atoms with E-state index in [4.69, 9.17) is 9.47 Å². The molecule has 0 amide bonds. The van der Waals surface area contributed by atoms with Crippen molar-refractivity contribution in [3.05, 3.63) is 36.5 Å². The van der Waals surface area contributed by atoms with Crippen LogP contribution < -0.4 is 0 Å². The number of hydrogen-bond acceptors (Lipinski definition) is 5. The lowest BCUT2D eigenvalue weighted by Crippen LogP contribution is -2.52. The molecule has 2 saturated heterocycles. The average Bonchev–Trinajstić information content (AvgIpc) is 2.71. The van der Waals surface area contributed by atoms with Crippen molar-refractivity contribution in [2.45, 2.75) is 37.9 Å². The maximum atomic E-state index is 12.3. The molecule has 3 rings (SSSR count). The van der Waals surface area contributed by atoms with Crippen LogP contribution in [0.3, 0.4) is 0 Å². The van der Waals surface area contributed by atoms with Crippen molar-refractivity contribution in [1.82, 2.24) is 0 Å². The van der Waals surface area contributed by atoms with Crippen LogP contribution in [0.4, 0.5) is 0 Å². The first-order chi connectivity index (χ1) is 9.44. The van der Waals surface area contributed by atoms with Crippen LogP contribution >= 0.6 is 0 Å². The fraction of sp³-hybridized carbons (Fsp3) is 0.533. The maximum absolute atomic E-state index is 12.3. The van der Waals surface area contributed by atoms with Crippen LogP contribution in [0.5, 0.6) is 0 Å². The Kier molecular flexibility index (Phi) is 2.90. The molecule has 0 aromatic heterocycles. The van der Waals surface area contributed by atoms with Gasteiger partial charge in [0.2, 0.25) is 0 Å². The highest BCUT2D eigenvalue weighted by atomic mass is 16.7. The van der Waals surface area contributed by atoms with Crippen LogP contribution in [0.15, 0.2) is 36.5 Å². The molecule has 20 heavy (non-hydrogen) atoms. The van der Waals surface area contributed by atoms with Gasteiger partial charge in [0.05, 0.1) is 0 Å². The third-order valence-electron chi connectivity index (χ3n) is 4.37. The minimum Gasteiger partial charge on any atom is -0.455 e. The van der Waals surface area contributed by atoms with Gasteiger partial charge < -0.3 is 19.7 Å². The number of carbonyl (C=O) groups is 1. The summed E-state index contributed by atoms with van der Waals surface area (Å²) < 4.78 is 10.8. The highest BCUT2D eigenvalue weighted by molar-refractivity contribution is 5.84. The zero-order valence-electron chi connectivity index (χ0n) is 11.4. The van der Waals surface area contributed by atoms with Gasteiger partial charge in [0.1, 0.15) is 23.7 Å². The van der Waals surface area contributed by atoms with Crippen molar-refractivity contribution in [2.75, 3.05) is 0 Å². The molecule has 3 aliphatic rings. The molecule has 5 nitrogen and oxygen atoms in total. The van der Waals surface area contributed by atoms with Crippen LogP contribution in [0.1, 0.15) is 13.8 Å². The molecule has 2 aliphatic heterocycles. The third kappa shape index (κ3) is 1.51. The second-order valence-corrected chi connectivity index (χ2v) is 5.62. The van der Waals surface area contributed by atoms with Crippen LogP contribution in [0.25, 0.3) is 0 Å². The van der Waals surface area contributed by atoms with E-state index in [1.54, 1.807) is 6.08 Å². The maximum Gasteiger partial charge on any atom is 0.319 e. The van der Waals surface area contributed by atoms with Gasteiger partial charge in [0.25, 0.3) is 0 Å². The second kappa shape index (κ2) is 4.28. The Labute approximate surface area is 117 Å². The molecule has 2 N–H and O–H groups in total. The molecule has 0 saturated carbocycles. The van der Waals surface area contributed by atoms with E-state index in [2.05, 4.69) is 0 Å². The van der Waals surface area contributed by atoms with Crippen LogP contribution in [0.2, 0.25) is 0 Å². The van der Waals surface area contributed by atoms with Crippen molar-refractivity contribution in [1.29, 1.82) is 0 Å². The smallest absolute Gasteiger partial charge is 0.319 e. The quantitative estimate of drug-likeness (QED) is 0.441. The lowest BCUT2D eigenvalue weighted by molar-refractivity contribution is -0.226. The first kappa shape index (κ1) is 13.5. The normalized spacial score (nSPS) is 50.1. The molecular weight excluding hydrogens is 260 g/mol. The lowest BCUT2D eigenvalue weighted by Gasteiger charge is -2.34. The van der Waals surface area contributed by atoms with Gasteiger partial charge in [0.15, 0.2) is 5.79 Å². The molecule has 0 spiro atoms. The first-order valence-corrected chi connectivity index (χ1v) is 6.71. The molecule has 0 unspecified atom stereocenters. The number of ether oxygens (including phenoxy) is 2. The summed E-state index contributed by atoms with van der Waals surface area (Å²) in [5, 5.41) is 20.6. The van der Waals surface area contributed by atoms with E-state index >= 15 is 0 Å².